The number of aromatic nitrogens is 3. The molecule has 0 radical (unpaired) electrons. The number of aryl methyl sites for hydroxylation is 1. The third kappa shape index (κ3) is 9.11. The standard InChI is InChI=1S/C34H39ClN4O6/c1-5-6-7-8-9-10-19-44-31(40)18-11-23-20-27(34(2,3)4)32(45-33(41)24-12-15-26(16-13-24)39(42)43)30(21-23)38-36-28-17-14-25(35)22-29(28)37-38/h12-17,20-22H,5-11,18-19H2,1-4H3. The minimum Gasteiger partial charge on any atom is -0.466 e. The van der Waals surface area contributed by atoms with E-state index in [4.69, 9.17) is 21.1 Å². The largest absolute Gasteiger partial charge is 0.466 e. The zero-order valence-electron chi connectivity index (χ0n) is 26.2. The van der Waals surface area contributed by atoms with Gasteiger partial charge in [0.1, 0.15) is 16.7 Å². The summed E-state index contributed by atoms with van der Waals surface area (Å²) in [5, 5.41) is 20.8. The first-order valence-corrected chi connectivity index (χ1v) is 15.7. The number of carbonyl (C=O) groups excluding carboxylic acids is 2. The lowest BCUT2D eigenvalue weighted by atomic mass is 9.84. The number of rotatable bonds is 14. The number of esters is 2. The second-order valence-corrected chi connectivity index (χ2v) is 12.5. The van der Waals surface area contributed by atoms with Gasteiger partial charge in [-0.1, -0.05) is 77.5 Å². The highest BCUT2D eigenvalue weighted by Gasteiger charge is 2.27. The maximum atomic E-state index is 13.4. The first-order valence-electron chi connectivity index (χ1n) is 15.3. The van der Waals surface area contributed by atoms with Crippen molar-refractivity contribution >= 4 is 40.3 Å². The molecule has 0 N–H and O–H groups in total. The van der Waals surface area contributed by atoms with Gasteiger partial charge in [0.2, 0.25) is 0 Å². The van der Waals surface area contributed by atoms with E-state index in [1.165, 1.54) is 48.3 Å². The van der Waals surface area contributed by atoms with E-state index in [9.17, 15) is 19.7 Å². The molecule has 1 aromatic heterocycles. The average Bonchev–Trinajstić information content (AvgIpc) is 3.42. The molecule has 4 rings (SSSR count). The summed E-state index contributed by atoms with van der Waals surface area (Å²) in [6.45, 7) is 8.55. The highest BCUT2D eigenvalue weighted by atomic mass is 35.5. The molecule has 0 aliphatic heterocycles. The van der Waals surface area contributed by atoms with E-state index in [1.54, 1.807) is 24.3 Å². The van der Waals surface area contributed by atoms with Crippen LogP contribution in [0.5, 0.6) is 5.75 Å². The number of hydrogen-bond acceptors (Lipinski definition) is 8. The van der Waals surface area contributed by atoms with E-state index < -0.39 is 16.3 Å². The summed E-state index contributed by atoms with van der Waals surface area (Å²) >= 11 is 6.20. The Morgan fingerprint density at radius 1 is 0.933 bits per heavy atom. The Morgan fingerprint density at radius 3 is 2.31 bits per heavy atom. The average molecular weight is 635 g/mol. The highest BCUT2D eigenvalue weighted by molar-refractivity contribution is 6.31. The Kier molecular flexibility index (Phi) is 11.3. The van der Waals surface area contributed by atoms with Crippen molar-refractivity contribution in [2.45, 2.75) is 84.5 Å². The third-order valence-electron chi connectivity index (χ3n) is 7.38. The molecule has 0 aliphatic carbocycles. The molecule has 0 bridgehead atoms. The Labute approximate surface area is 267 Å². The third-order valence-corrected chi connectivity index (χ3v) is 7.62. The number of nitro groups is 1. The number of fused-ring (bicyclic) bond motifs is 1. The van der Waals surface area contributed by atoms with Crippen LogP contribution in [0.1, 0.15) is 94.1 Å². The SMILES string of the molecule is CCCCCCCCOC(=O)CCc1cc(-n2nc3ccc(Cl)cc3n2)c(OC(=O)c2ccc([N+](=O)[O-])cc2)c(C(C)(C)C)c1. The summed E-state index contributed by atoms with van der Waals surface area (Å²) in [6, 6.07) is 14.1. The normalized spacial score (nSPS) is 11.5. The van der Waals surface area contributed by atoms with E-state index in [0.29, 0.717) is 40.3 Å². The fourth-order valence-electron chi connectivity index (χ4n) is 4.88. The number of carbonyl (C=O) groups is 2. The molecule has 0 aliphatic rings. The topological polar surface area (TPSA) is 126 Å². The van der Waals surface area contributed by atoms with E-state index >= 15 is 0 Å². The number of hydrogen-bond donors (Lipinski definition) is 0. The minimum absolute atomic E-state index is 0.136. The van der Waals surface area contributed by atoms with Crippen LogP contribution in [0.15, 0.2) is 54.6 Å². The summed E-state index contributed by atoms with van der Waals surface area (Å²) in [5.41, 5.74) is 2.58. The monoisotopic (exact) mass is 634 g/mol. The molecule has 10 nitrogen and oxygen atoms in total. The summed E-state index contributed by atoms with van der Waals surface area (Å²) < 4.78 is 11.5. The molecule has 0 saturated carbocycles. The first kappa shape index (κ1) is 33.6. The van der Waals surface area contributed by atoms with Gasteiger partial charge in [-0.05, 0) is 60.2 Å². The van der Waals surface area contributed by atoms with Crippen molar-refractivity contribution in [3.05, 3.63) is 86.4 Å². The number of unbranched alkanes of at least 4 members (excludes halogenated alkanes) is 5. The van der Waals surface area contributed by atoms with Gasteiger partial charge in [0.25, 0.3) is 5.69 Å². The van der Waals surface area contributed by atoms with Crippen LogP contribution in [0.4, 0.5) is 5.69 Å². The lowest BCUT2D eigenvalue weighted by Gasteiger charge is -2.25. The van der Waals surface area contributed by atoms with Gasteiger partial charge in [0.15, 0.2) is 5.75 Å². The molecular formula is C34H39ClN4O6. The number of nitrogens with zero attached hydrogens (tertiary/aromatic N) is 4. The fraction of sp³-hybridized carbons (Fsp3) is 0.412. The summed E-state index contributed by atoms with van der Waals surface area (Å²) in [5.74, 6) is -0.720. The van der Waals surface area contributed by atoms with E-state index in [-0.39, 0.29) is 29.4 Å². The molecular weight excluding hydrogens is 596 g/mol. The van der Waals surface area contributed by atoms with Crippen LogP contribution < -0.4 is 4.74 Å². The van der Waals surface area contributed by atoms with Gasteiger partial charge in [-0.25, -0.2) is 4.79 Å². The molecule has 11 heteroatoms. The van der Waals surface area contributed by atoms with Crippen LogP contribution in [-0.4, -0.2) is 38.5 Å². The molecule has 45 heavy (non-hydrogen) atoms. The first-order chi connectivity index (χ1) is 21.5. The fourth-order valence-corrected chi connectivity index (χ4v) is 5.05. The molecule has 3 aromatic carbocycles. The molecule has 0 unspecified atom stereocenters. The van der Waals surface area contributed by atoms with E-state index in [1.807, 2.05) is 26.8 Å². The van der Waals surface area contributed by atoms with Crippen molar-refractivity contribution in [3.63, 3.8) is 0 Å². The lowest BCUT2D eigenvalue weighted by Crippen LogP contribution is -2.20. The van der Waals surface area contributed by atoms with Crippen molar-refractivity contribution in [1.29, 1.82) is 0 Å². The van der Waals surface area contributed by atoms with E-state index in [0.717, 1.165) is 24.8 Å². The van der Waals surface area contributed by atoms with Crippen LogP contribution in [0.25, 0.3) is 16.7 Å². The van der Waals surface area contributed by atoms with E-state index in [2.05, 4.69) is 17.1 Å². The quantitative estimate of drug-likeness (QED) is 0.0445. The Balaban J connectivity index is 1.64. The van der Waals surface area contributed by atoms with Gasteiger partial charge in [-0.2, -0.15) is 0 Å². The number of halogens is 1. The smallest absolute Gasteiger partial charge is 0.343 e. The predicted octanol–water partition coefficient (Wildman–Crippen LogP) is 8.34. The Bertz CT molecular complexity index is 1660. The maximum Gasteiger partial charge on any atom is 0.343 e. The van der Waals surface area contributed by atoms with Crippen molar-refractivity contribution < 1.29 is 24.0 Å². The van der Waals surface area contributed by atoms with Gasteiger partial charge in [-0.3, -0.25) is 14.9 Å². The molecule has 0 atom stereocenters. The second kappa shape index (κ2) is 15.1. The van der Waals surface area contributed by atoms with Crippen molar-refractivity contribution in [2.75, 3.05) is 6.61 Å². The Morgan fingerprint density at radius 2 is 1.62 bits per heavy atom. The molecule has 0 amide bonds. The van der Waals surface area contributed by atoms with Gasteiger partial charge >= 0.3 is 11.9 Å². The molecule has 238 valence electrons. The van der Waals surface area contributed by atoms with Crippen LogP contribution in [0.3, 0.4) is 0 Å². The van der Waals surface area contributed by atoms with Crippen molar-refractivity contribution in [3.8, 4) is 11.4 Å². The van der Waals surface area contributed by atoms with Crippen LogP contribution in [0.2, 0.25) is 5.02 Å². The second-order valence-electron chi connectivity index (χ2n) is 12.0. The summed E-state index contributed by atoms with van der Waals surface area (Å²) in [6.07, 6.45) is 7.25. The highest BCUT2D eigenvalue weighted by Crippen LogP contribution is 2.38. The number of ether oxygens (including phenoxy) is 2. The summed E-state index contributed by atoms with van der Waals surface area (Å²) in [4.78, 5) is 37.9. The van der Waals surface area contributed by atoms with Crippen molar-refractivity contribution in [2.24, 2.45) is 0 Å². The molecule has 4 aromatic rings. The van der Waals surface area contributed by atoms with Gasteiger partial charge < -0.3 is 9.47 Å². The molecule has 0 fully saturated rings. The minimum atomic E-state index is -0.692. The Hall–Kier alpha value is -4.31. The molecule has 0 spiro atoms. The number of benzene rings is 3. The van der Waals surface area contributed by atoms with Crippen LogP contribution >= 0.6 is 11.6 Å². The summed E-state index contributed by atoms with van der Waals surface area (Å²) in [7, 11) is 0. The van der Waals surface area contributed by atoms with Crippen LogP contribution in [0, 0.1) is 10.1 Å². The number of nitro benzene ring substituents is 1. The van der Waals surface area contributed by atoms with Gasteiger partial charge in [0, 0.05) is 29.1 Å². The zero-order valence-corrected chi connectivity index (χ0v) is 26.9. The molecule has 1 heterocycles. The lowest BCUT2D eigenvalue weighted by molar-refractivity contribution is -0.384. The van der Waals surface area contributed by atoms with Crippen molar-refractivity contribution in [1.82, 2.24) is 15.0 Å². The van der Waals surface area contributed by atoms with Gasteiger partial charge in [-0.15, -0.1) is 15.0 Å². The molecule has 0 saturated heterocycles. The van der Waals surface area contributed by atoms with Crippen LogP contribution in [-0.2, 0) is 21.4 Å². The predicted molar refractivity (Wildman–Crippen MR) is 173 cm³/mol. The van der Waals surface area contributed by atoms with Gasteiger partial charge in [0.05, 0.1) is 17.1 Å². The number of non-ortho nitro benzene ring substituents is 1. The maximum absolute atomic E-state index is 13.4. The zero-order chi connectivity index (χ0) is 32.6.